The Morgan fingerprint density at radius 2 is 1.23 bits per heavy atom. The van der Waals surface area contributed by atoms with E-state index in [-0.39, 0.29) is 47.6 Å². The Morgan fingerprint density at radius 3 is 1.67 bits per heavy atom. The van der Waals surface area contributed by atoms with Crippen molar-refractivity contribution >= 4 is 6.71 Å². The van der Waals surface area contributed by atoms with E-state index in [4.69, 9.17) is 0 Å². The summed E-state index contributed by atoms with van der Waals surface area (Å²) in [5, 5.41) is 0. The molecule has 0 nitrogen and oxygen atoms in total. The van der Waals surface area contributed by atoms with Gasteiger partial charge in [0.15, 0.2) is 0 Å². The molecule has 4 fully saturated rings. The van der Waals surface area contributed by atoms with E-state index in [0.29, 0.717) is 10.8 Å². The van der Waals surface area contributed by atoms with Crippen molar-refractivity contribution in [1.29, 1.82) is 0 Å². The third kappa shape index (κ3) is 4.49. The van der Waals surface area contributed by atoms with Crippen LogP contribution in [0.25, 0.3) is 0 Å². The number of rotatable bonds is 4. The summed E-state index contributed by atoms with van der Waals surface area (Å²) >= 11 is 0. The Hall–Kier alpha value is -0.521. The van der Waals surface area contributed by atoms with Crippen LogP contribution < -0.4 is 0 Å². The maximum absolute atomic E-state index is 4.10. The normalized spacial score (nSPS) is 30.6. The molecule has 4 saturated carbocycles. The van der Waals surface area contributed by atoms with E-state index in [2.05, 4.69) is 69.1 Å². The van der Waals surface area contributed by atoms with Gasteiger partial charge >= 0.3 is 32.7 Å². The molecule has 4 aliphatic carbocycles. The summed E-state index contributed by atoms with van der Waals surface area (Å²) in [5.74, 6) is 1.84. The van der Waals surface area contributed by atoms with E-state index in [1.54, 1.807) is 11.1 Å². The van der Waals surface area contributed by atoms with Gasteiger partial charge in [-0.1, -0.05) is 49.0 Å². The zero-order chi connectivity index (χ0) is 18.6. The molecular formula is C28H38BY. The summed E-state index contributed by atoms with van der Waals surface area (Å²) in [6.45, 7) is 9.46. The SMILES string of the molecule is [CH2-]c1ccc(C23CC4CC(C2)CC(c2ccc(CB(C)C)cc2)(C4)C3)cc1.[CH3-].[CH3-].[Y+3]. The Labute approximate surface area is 212 Å². The van der Waals surface area contributed by atoms with E-state index in [9.17, 15) is 0 Å². The number of benzene rings is 2. The fourth-order valence-electron chi connectivity index (χ4n) is 7.26. The van der Waals surface area contributed by atoms with Crippen LogP contribution in [-0.4, -0.2) is 6.71 Å². The van der Waals surface area contributed by atoms with Crippen molar-refractivity contribution in [2.75, 3.05) is 0 Å². The Balaban J connectivity index is 0.00000107. The summed E-state index contributed by atoms with van der Waals surface area (Å²) < 4.78 is 0. The van der Waals surface area contributed by atoms with Gasteiger partial charge in [-0.05, 0) is 73.1 Å². The quantitative estimate of drug-likeness (QED) is 0.320. The first-order valence-electron chi connectivity index (χ1n) is 11.0. The molecule has 2 aromatic carbocycles. The standard InChI is InChI=1S/C26H32B.2CH3.Y/c1-19-4-8-23(9-5-19)25-13-21-12-22(14-25)16-26(15-21,18-25)24-10-6-20(7-11-24)17-27(2)3;;;/h4-11,21-22H,1,12-18H2,2-3H3;2*1H3;/q3*-1;+3. The maximum Gasteiger partial charge on any atom is 3.00 e. The molecule has 0 radical (unpaired) electrons. The Morgan fingerprint density at radius 1 is 0.800 bits per heavy atom. The minimum atomic E-state index is 0. The molecule has 0 aromatic heterocycles. The van der Waals surface area contributed by atoms with Gasteiger partial charge in [-0.2, -0.15) is 24.6 Å². The van der Waals surface area contributed by atoms with E-state index in [0.717, 1.165) is 24.1 Å². The Kier molecular flexibility index (Phi) is 8.18. The molecule has 2 heteroatoms. The molecule has 156 valence electrons. The Bertz CT molecular complexity index is 807. The van der Waals surface area contributed by atoms with Gasteiger partial charge in [-0.15, -0.1) is 12.1 Å². The summed E-state index contributed by atoms with van der Waals surface area (Å²) in [6, 6.07) is 19.0. The van der Waals surface area contributed by atoms with Gasteiger partial charge in [0.05, 0.1) is 0 Å². The molecular weight excluding hydrogens is 436 g/mol. The largest absolute Gasteiger partial charge is 3.00 e. The molecule has 4 bridgehead atoms. The average molecular weight is 474 g/mol. The summed E-state index contributed by atoms with van der Waals surface area (Å²) in [7, 11) is 0. The summed E-state index contributed by atoms with van der Waals surface area (Å²) in [4.78, 5) is 0. The van der Waals surface area contributed by atoms with E-state index < -0.39 is 0 Å². The third-order valence-electron chi connectivity index (χ3n) is 7.84. The molecule has 6 rings (SSSR count). The zero-order valence-electron chi connectivity index (χ0n) is 19.6. The molecule has 2 atom stereocenters. The van der Waals surface area contributed by atoms with Gasteiger partial charge in [0.25, 0.3) is 0 Å². The van der Waals surface area contributed by atoms with Gasteiger partial charge in [-0.25, -0.2) is 0 Å². The van der Waals surface area contributed by atoms with Crippen molar-refractivity contribution in [1.82, 2.24) is 0 Å². The molecule has 0 heterocycles. The molecule has 0 saturated heterocycles. The molecule has 2 unspecified atom stereocenters. The summed E-state index contributed by atoms with van der Waals surface area (Å²) in [5.41, 5.74) is 6.68. The van der Waals surface area contributed by atoms with Crippen molar-refractivity contribution in [3.8, 4) is 0 Å². The van der Waals surface area contributed by atoms with Crippen LogP contribution in [0.1, 0.15) is 60.8 Å². The first-order valence-corrected chi connectivity index (χ1v) is 11.0. The van der Waals surface area contributed by atoms with E-state index >= 15 is 0 Å². The van der Waals surface area contributed by atoms with Crippen molar-refractivity contribution in [2.24, 2.45) is 11.8 Å². The maximum atomic E-state index is 4.10. The van der Waals surface area contributed by atoms with Gasteiger partial charge in [0, 0.05) is 0 Å². The molecule has 0 amide bonds. The third-order valence-corrected chi connectivity index (χ3v) is 7.84. The number of hydrogen-bond acceptors (Lipinski definition) is 0. The molecule has 2 aromatic rings. The van der Waals surface area contributed by atoms with Crippen LogP contribution in [0, 0.1) is 33.6 Å². The molecule has 30 heavy (non-hydrogen) atoms. The van der Waals surface area contributed by atoms with Crippen LogP contribution in [0.15, 0.2) is 48.5 Å². The predicted molar refractivity (Wildman–Crippen MR) is 129 cm³/mol. The first-order chi connectivity index (χ1) is 13.0. The van der Waals surface area contributed by atoms with Crippen LogP contribution in [0.5, 0.6) is 0 Å². The first kappa shape index (κ1) is 25.7. The topological polar surface area (TPSA) is 0 Å². The van der Waals surface area contributed by atoms with Crippen LogP contribution >= 0.6 is 0 Å². The minimum Gasteiger partial charge on any atom is -0.358 e. The zero-order valence-corrected chi connectivity index (χ0v) is 22.4. The van der Waals surface area contributed by atoms with Crippen LogP contribution in [0.4, 0.5) is 0 Å². The molecule has 4 aliphatic rings. The van der Waals surface area contributed by atoms with Gasteiger partial charge in [0.1, 0.15) is 6.71 Å². The second kappa shape index (κ2) is 9.54. The second-order valence-electron chi connectivity index (χ2n) is 10.5. The smallest absolute Gasteiger partial charge is 0.358 e. The van der Waals surface area contributed by atoms with Crippen LogP contribution in [0.3, 0.4) is 0 Å². The van der Waals surface area contributed by atoms with Crippen molar-refractivity contribution in [3.63, 3.8) is 0 Å². The minimum absolute atomic E-state index is 0. The summed E-state index contributed by atoms with van der Waals surface area (Å²) in [6.07, 6.45) is 9.68. The van der Waals surface area contributed by atoms with Crippen molar-refractivity contribution in [3.05, 3.63) is 92.6 Å². The van der Waals surface area contributed by atoms with E-state index in [1.165, 1.54) is 50.4 Å². The van der Waals surface area contributed by atoms with Gasteiger partial charge in [0.2, 0.25) is 0 Å². The molecule has 0 spiro atoms. The van der Waals surface area contributed by atoms with E-state index in [1.807, 2.05) is 0 Å². The fraction of sp³-hybridized carbons (Fsp3) is 0.464. The molecule has 0 N–H and O–H groups in total. The van der Waals surface area contributed by atoms with Crippen LogP contribution in [0.2, 0.25) is 13.6 Å². The predicted octanol–water partition coefficient (Wildman–Crippen LogP) is 7.39. The number of hydrogen-bond donors (Lipinski definition) is 0. The van der Waals surface area contributed by atoms with Gasteiger partial charge in [-0.3, -0.25) is 0 Å². The van der Waals surface area contributed by atoms with Crippen molar-refractivity contribution < 1.29 is 32.7 Å². The van der Waals surface area contributed by atoms with Crippen LogP contribution in [-0.2, 0) is 49.9 Å². The monoisotopic (exact) mass is 474 g/mol. The molecule has 0 aliphatic heterocycles. The van der Waals surface area contributed by atoms with Crippen molar-refractivity contribution in [2.45, 2.75) is 69.3 Å². The average Bonchev–Trinajstić information content (AvgIpc) is 2.61. The second-order valence-corrected chi connectivity index (χ2v) is 10.5. The fourth-order valence-corrected chi connectivity index (χ4v) is 7.26. The van der Waals surface area contributed by atoms with Gasteiger partial charge < -0.3 is 14.9 Å².